The average molecular weight is 621 g/mol. The smallest absolute Gasteiger partial charge is 0.317 e. The number of fused-ring (bicyclic) bond motifs is 5. The molecule has 1 saturated heterocycles. The molecule has 0 unspecified atom stereocenters. The third kappa shape index (κ3) is 4.76. The summed E-state index contributed by atoms with van der Waals surface area (Å²) in [5.41, 5.74) is -4.16. The van der Waals surface area contributed by atoms with Crippen LogP contribution in [0.15, 0.2) is 0 Å². The van der Waals surface area contributed by atoms with E-state index in [2.05, 4.69) is 34.6 Å². The molecule has 0 aromatic carbocycles. The fourth-order valence-electron chi connectivity index (χ4n) is 11.9. The van der Waals surface area contributed by atoms with E-state index in [1.165, 1.54) is 6.92 Å². The van der Waals surface area contributed by atoms with Crippen LogP contribution in [0.2, 0.25) is 0 Å². The molecule has 4 saturated carbocycles. The van der Waals surface area contributed by atoms with Crippen LogP contribution in [0.4, 0.5) is 0 Å². The van der Waals surface area contributed by atoms with Gasteiger partial charge < -0.3 is 29.5 Å². The Labute approximate surface area is 262 Å². The number of esters is 2. The van der Waals surface area contributed by atoms with Crippen LogP contribution in [0.5, 0.6) is 0 Å². The van der Waals surface area contributed by atoms with Gasteiger partial charge in [-0.15, -0.1) is 0 Å². The largest absolute Gasteiger partial charge is 0.481 e. The number of ether oxygens (including phenoxy) is 3. The van der Waals surface area contributed by atoms with Crippen molar-refractivity contribution in [3.8, 4) is 0 Å². The second-order valence-corrected chi connectivity index (χ2v) is 17.2. The molecule has 1 aliphatic heterocycles. The average Bonchev–Trinajstić information content (AvgIpc) is 3.42. The number of carboxylic acids is 1. The molecule has 9 nitrogen and oxygen atoms in total. The number of carbonyl (C=O) groups excluding carboxylic acids is 2. The van der Waals surface area contributed by atoms with Gasteiger partial charge in [0.2, 0.25) is 0 Å². The Morgan fingerprint density at radius 1 is 0.864 bits per heavy atom. The minimum Gasteiger partial charge on any atom is -0.481 e. The van der Waals surface area contributed by atoms with Gasteiger partial charge in [-0.2, -0.15) is 0 Å². The molecule has 9 heteroatoms. The van der Waals surface area contributed by atoms with Crippen molar-refractivity contribution in [2.24, 2.45) is 39.4 Å². The van der Waals surface area contributed by atoms with Gasteiger partial charge in [-0.1, -0.05) is 34.6 Å². The minimum atomic E-state index is -1.23. The quantitative estimate of drug-likeness (QED) is 0.262. The van der Waals surface area contributed by atoms with E-state index in [1.807, 2.05) is 6.92 Å². The Kier molecular flexibility index (Phi) is 7.95. The van der Waals surface area contributed by atoms with Gasteiger partial charge >= 0.3 is 17.9 Å². The lowest BCUT2D eigenvalue weighted by Crippen LogP contribution is -2.70. The Morgan fingerprint density at radius 3 is 2.09 bits per heavy atom. The van der Waals surface area contributed by atoms with E-state index < -0.39 is 41.3 Å². The molecule has 3 N–H and O–H groups in total. The van der Waals surface area contributed by atoms with Crippen molar-refractivity contribution in [2.75, 3.05) is 0 Å². The van der Waals surface area contributed by atoms with Gasteiger partial charge in [0.05, 0.1) is 17.3 Å². The standard InChI is InChI=1S/C35H56O9/c1-20(36)42-21-18-23-31(6)13-11-24(43-27(39)19-26(37)38)29(2,3)22(31)10-14-32(23,7)33(8)16-17-35(41,28(21)33)34(9)15-12-25(44-34)30(4,5)40/h21-25,28,40-41H,10-19H2,1-9H3,(H,37,38)/t21-,22+,23-,24+,25-,28-,31+,32-,33-,34+,35-/m1/s1. The van der Waals surface area contributed by atoms with Crippen molar-refractivity contribution in [2.45, 2.75) is 162 Å². The zero-order valence-electron chi connectivity index (χ0n) is 28.3. The number of carboxylic acid groups (broad SMARTS) is 1. The van der Waals surface area contributed by atoms with Crippen LogP contribution in [-0.2, 0) is 28.6 Å². The summed E-state index contributed by atoms with van der Waals surface area (Å²) in [7, 11) is 0. The number of aliphatic carboxylic acids is 1. The van der Waals surface area contributed by atoms with Gasteiger partial charge in [0.25, 0.3) is 0 Å². The Morgan fingerprint density at radius 2 is 1.52 bits per heavy atom. The fourth-order valence-corrected chi connectivity index (χ4v) is 11.9. The zero-order chi connectivity index (χ0) is 32.9. The minimum absolute atomic E-state index is 0.140. The summed E-state index contributed by atoms with van der Waals surface area (Å²) in [5.74, 6) is -2.15. The van der Waals surface area contributed by atoms with Crippen LogP contribution in [0.3, 0.4) is 0 Å². The summed E-state index contributed by atoms with van der Waals surface area (Å²) in [6.45, 7) is 18.3. The van der Waals surface area contributed by atoms with Gasteiger partial charge in [-0.05, 0) is 107 Å². The molecular formula is C35H56O9. The van der Waals surface area contributed by atoms with Crippen LogP contribution in [0.25, 0.3) is 0 Å². The highest BCUT2D eigenvalue weighted by Crippen LogP contribution is 2.77. The molecule has 5 fully saturated rings. The molecule has 5 aliphatic rings. The molecule has 44 heavy (non-hydrogen) atoms. The summed E-state index contributed by atoms with van der Waals surface area (Å²) in [6, 6.07) is 0. The fraction of sp³-hybridized carbons (Fsp3) is 0.914. The predicted molar refractivity (Wildman–Crippen MR) is 162 cm³/mol. The Bertz CT molecular complexity index is 1190. The normalized spacial score (nSPS) is 48.1. The number of rotatable bonds is 6. The molecule has 0 amide bonds. The predicted octanol–water partition coefficient (Wildman–Crippen LogP) is 5.42. The van der Waals surface area contributed by atoms with Crippen LogP contribution >= 0.6 is 0 Å². The maximum atomic E-state index is 12.9. The van der Waals surface area contributed by atoms with Gasteiger partial charge in [-0.3, -0.25) is 14.4 Å². The number of aliphatic hydroxyl groups is 2. The van der Waals surface area contributed by atoms with Crippen molar-refractivity contribution in [3.63, 3.8) is 0 Å². The highest BCUT2D eigenvalue weighted by Gasteiger charge is 2.76. The first-order chi connectivity index (χ1) is 20.0. The molecule has 0 aromatic heterocycles. The third-order valence-electron chi connectivity index (χ3n) is 14.2. The summed E-state index contributed by atoms with van der Waals surface area (Å²) >= 11 is 0. The van der Waals surface area contributed by atoms with Crippen molar-refractivity contribution in [1.82, 2.24) is 0 Å². The SMILES string of the molecule is CC(=O)O[C@@H]1C[C@@H]2[C@@]3(C)CC[C@H](OC(=O)CC(=O)O)C(C)(C)[C@@H]3CC[C@@]2(C)[C@]2(C)CC[C@](O)([C@]3(C)CC[C@H](C(C)(C)O)O3)[C@H]12. The Hall–Kier alpha value is -1.71. The summed E-state index contributed by atoms with van der Waals surface area (Å²) in [4.78, 5) is 36.2. The van der Waals surface area contributed by atoms with Gasteiger partial charge in [0.15, 0.2) is 0 Å². The molecule has 0 radical (unpaired) electrons. The second-order valence-electron chi connectivity index (χ2n) is 17.2. The molecule has 1 heterocycles. The van der Waals surface area contributed by atoms with Crippen LogP contribution in [0.1, 0.15) is 127 Å². The molecular weight excluding hydrogens is 564 g/mol. The second kappa shape index (κ2) is 10.4. The molecule has 5 rings (SSSR count). The molecule has 0 aromatic rings. The molecule has 0 bridgehead atoms. The first kappa shape index (κ1) is 33.6. The maximum Gasteiger partial charge on any atom is 0.317 e. The lowest BCUT2D eigenvalue weighted by molar-refractivity contribution is -0.280. The van der Waals surface area contributed by atoms with Crippen LogP contribution < -0.4 is 0 Å². The van der Waals surface area contributed by atoms with E-state index in [-0.39, 0.29) is 57.6 Å². The number of hydrogen-bond acceptors (Lipinski definition) is 8. The van der Waals surface area contributed by atoms with E-state index in [0.29, 0.717) is 32.1 Å². The van der Waals surface area contributed by atoms with Crippen molar-refractivity contribution < 1.29 is 43.9 Å². The number of carbonyl (C=O) groups is 3. The van der Waals surface area contributed by atoms with Gasteiger partial charge in [0.1, 0.15) is 24.2 Å². The van der Waals surface area contributed by atoms with E-state index in [1.54, 1.807) is 13.8 Å². The van der Waals surface area contributed by atoms with Crippen LogP contribution in [-0.4, -0.2) is 68.3 Å². The lowest BCUT2D eigenvalue weighted by atomic mass is 9.35. The Balaban J connectivity index is 1.51. The molecule has 0 spiro atoms. The zero-order valence-corrected chi connectivity index (χ0v) is 28.3. The molecule has 250 valence electrons. The third-order valence-corrected chi connectivity index (χ3v) is 14.2. The molecule has 4 aliphatic carbocycles. The summed E-state index contributed by atoms with van der Waals surface area (Å²) < 4.78 is 18.6. The van der Waals surface area contributed by atoms with E-state index in [9.17, 15) is 24.6 Å². The highest BCUT2D eigenvalue weighted by molar-refractivity contribution is 5.90. The monoisotopic (exact) mass is 620 g/mol. The van der Waals surface area contributed by atoms with E-state index in [4.69, 9.17) is 19.3 Å². The molecule has 11 atom stereocenters. The van der Waals surface area contributed by atoms with Crippen LogP contribution in [0, 0.1) is 39.4 Å². The first-order valence-corrected chi connectivity index (χ1v) is 16.8. The van der Waals surface area contributed by atoms with Crippen molar-refractivity contribution in [3.05, 3.63) is 0 Å². The van der Waals surface area contributed by atoms with E-state index in [0.717, 1.165) is 25.7 Å². The summed E-state index contributed by atoms with van der Waals surface area (Å²) in [6.07, 6.45) is 4.65. The number of hydrogen-bond donors (Lipinski definition) is 3. The van der Waals surface area contributed by atoms with Crippen molar-refractivity contribution >= 4 is 17.9 Å². The van der Waals surface area contributed by atoms with Gasteiger partial charge in [-0.25, -0.2) is 0 Å². The van der Waals surface area contributed by atoms with Crippen molar-refractivity contribution in [1.29, 1.82) is 0 Å². The highest BCUT2D eigenvalue weighted by atomic mass is 16.6. The lowest BCUT2D eigenvalue weighted by Gasteiger charge is -2.71. The first-order valence-electron chi connectivity index (χ1n) is 16.8. The summed E-state index contributed by atoms with van der Waals surface area (Å²) in [5, 5.41) is 32.8. The van der Waals surface area contributed by atoms with E-state index >= 15 is 0 Å². The topological polar surface area (TPSA) is 140 Å². The van der Waals surface area contributed by atoms with Gasteiger partial charge in [0, 0.05) is 18.3 Å². The maximum absolute atomic E-state index is 12.9.